The summed E-state index contributed by atoms with van der Waals surface area (Å²) in [5.41, 5.74) is 4.59. The Morgan fingerprint density at radius 1 is 1.05 bits per heavy atom. The van der Waals surface area contributed by atoms with Crippen molar-refractivity contribution in [3.05, 3.63) is 90.4 Å². The standard InChI is InChI=1S/C27H23F3N6O/c1-2-36-16-23(21-12-14-32-25-22(21)7-4-13-31-25)24(35-36)17-5-3-6-20(15-17)34-26(37)33-19-10-8-18(9-11-19)27(28,29)30/h3-6,8-16H,2,7H2,1H3,(H,31,32)(H2,33,34,37). The van der Waals surface area contributed by atoms with E-state index in [1.807, 2.05) is 54.3 Å². The molecule has 0 spiro atoms. The first-order chi connectivity index (χ1) is 17.8. The van der Waals surface area contributed by atoms with E-state index in [0.29, 0.717) is 12.2 Å². The van der Waals surface area contributed by atoms with Gasteiger partial charge < -0.3 is 16.0 Å². The van der Waals surface area contributed by atoms with Crippen LogP contribution in [0.3, 0.4) is 0 Å². The van der Waals surface area contributed by atoms with E-state index in [2.05, 4.69) is 20.9 Å². The van der Waals surface area contributed by atoms with Crippen molar-refractivity contribution in [1.82, 2.24) is 14.8 Å². The topological polar surface area (TPSA) is 83.9 Å². The second kappa shape index (κ2) is 9.81. The maximum atomic E-state index is 12.8. The highest BCUT2D eigenvalue weighted by Gasteiger charge is 2.30. The van der Waals surface area contributed by atoms with Crippen LogP contribution in [0.25, 0.3) is 22.4 Å². The number of rotatable bonds is 5. The number of nitrogens with one attached hydrogen (secondary N) is 3. The maximum absolute atomic E-state index is 12.8. The number of hydrogen-bond donors (Lipinski definition) is 3. The van der Waals surface area contributed by atoms with E-state index in [4.69, 9.17) is 5.10 Å². The number of aromatic nitrogens is 3. The van der Waals surface area contributed by atoms with Crippen molar-refractivity contribution < 1.29 is 18.0 Å². The molecule has 188 valence electrons. The van der Waals surface area contributed by atoms with Gasteiger partial charge in [0.25, 0.3) is 0 Å². The van der Waals surface area contributed by atoms with Gasteiger partial charge >= 0.3 is 12.2 Å². The average Bonchev–Trinajstić information content (AvgIpc) is 3.33. The molecule has 0 atom stereocenters. The van der Waals surface area contributed by atoms with Gasteiger partial charge in [-0.2, -0.15) is 18.3 Å². The zero-order valence-electron chi connectivity index (χ0n) is 19.8. The predicted molar refractivity (Wildman–Crippen MR) is 137 cm³/mol. The Labute approximate surface area is 211 Å². The fourth-order valence-electron chi connectivity index (χ4n) is 4.16. The van der Waals surface area contributed by atoms with E-state index in [0.717, 1.165) is 52.3 Å². The van der Waals surface area contributed by atoms with Crippen molar-refractivity contribution >= 4 is 23.2 Å². The Morgan fingerprint density at radius 3 is 2.59 bits per heavy atom. The number of halogens is 3. The van der Waals surface area contributed by atoms with Gasteiger partial charge in [-0.05, 0) is 67.6 Å². The number of nitrogens with zero attached hydrogens (tertiary/aromatic N) is 3. The number of alkyl halides is 3. The van der Waals surface area contributed by atoms with Crippen LogP contribution in [0.5, 0.6) is 0 Å². The highest BCUT2D eigenvalue weighted by atomic mass is 19.4. The van der Waals surface area contributed by atoms with Crippen LogP contribution in [0.2, 0.25) is 0 Å². The molecule has 2 amide bonds. The minimum absolute atomic E-state index is 0.246. The number of carbonyl (C=O) groups excluding carboxylic acids is 1. The molecule has 0 saturated heterocycles. The van der Waals surface area contributed by atoms with Crippen LogP contribution in [0.4, 0.5) is 35.2 Å². The van der Waals surface area contributed by atoms with E-state index >= 15 is 0 Å². The molecule has 10 heteroatoms. The molecule has 3 N–H and O–H groups in total. The molecule has 3 heterocycles. The van der Waals surface area contributed by atoms with Crippen molar-refractivity contribution in [3.63, 3.8) is 0 Å². The number of aryl methyl sites for hydroxylation is 1. The molecule has 0 bridgehead atoms. The maximum Gasteiger partial charge on any atom is 0.416 e. The van der Waals surface area contributed by atoms with Crippen molar-refractivity contribution in [2.24, 2.45) is 0 Å². The molecular weight excluding hydrogens is 481 g/mol. The number of allylic oxidation sites excluding steroid dienone is 1. The number of benzene rings is 2. The Morgan fingerprint density at radius 2 is 1.84 bits per heavy atom. The molecule has 0 fully saturated rings. The lowest BCUT2D eigenvalue weighted by Gasteiger charge is -2.16. The second-order valence-electron chi connectivity index (χ2n) is 8.42. The number of hydrogen-bond acceptors (Lipinski definition) is 4. The van der Waals surface area contributed by atoms with Crippen LogP contribution < -0.4 is 16.0 Å². The first-order valence-corrected chi connectivity index (χ1v) is 11.6. The molecule has 0 saturated carbocycles. The Bertz CT molecular complexity index is 1470. The van der Waals surface area contributed by atoms with Crippen molar-refractivity contribution in [2.75, 3.05) is 16.0 Å². The lowest BCUT2D eigenvalue weighted by Crippen LogP contribution is -2.19. The third-order valence-electron chi connectivity index (χ3n) is 5.96. The first kappa shape index (κ1) is 24.1. The summed E-state index contributed by atoms with van der Waals surface area (Å²) >= 11 is 0. The molecule has 0 unspecified atom stereocenters. The minimum Gasteiger partial charge on any atom is -0.347 e. The average molecular weight is 505 g/mol. The molecular formula is C27H23F3N6O. The van der Waals surface area contributed by atoms with Crippen LogP contribution >= 0.6 is 0 Å². The molecule has 5 rings (SSSR count). The fourth-order valence-corrected chi connectivity index (χ4v) is 4.16. The van der Waals surface area contributed by atoms with Gasteiger partial charge in [-0.15, -0.1) is 0 Å². The normalized spacial score (nSPS) is 12.5. The smallest absolute Gasteiger partial charge is 0.347 e. The van der Waals surface area contributed by atoms with Gasteiger partial charge in [-0.25, -0.2) is 9.78 Å². The van der Waals surface area contributed by atoms with Crippen LogP contribution in [0.15, 0.2) is 79.3 Å². The van der Waals surface area contributed by atoms with E-state index in [1.54, 1.807) is 12.3 Å². The fraction of sp³-hybridized carbons (Fsp3) is 0.148. The number of amides is 2. The number of anilines is 3. The highest BCUT2D eigenvalue weighted by Crippen LogP contribution is 2.37. The van der Waals surface area contributed by atoms with Gasteiger partial charge in [-0.3, -0.25) is 4.68 Å². The van der Waals surface area contributed by atoms with E-state index in [-0.39, 0.29) is 5.69 Å². The van der Waals surface area contributed by atoms with E-state index in [9.17, 15) is 18.0 Å². The van der Waals surface area contributed by atoms with E-state index in [1.165, 1.54) is 12.1 Å². The molecule has 1 aliphatic rings. The minimum atomic E-state index is -4.44. The molecule has 0 aliphatic carbocycles. The van der Waals surface area contributed by atoms with Gasteiger partial charge in [-0.1, -0.05) is 18.2 Å². The Kier molecular flexibility index (Phi) is 6.39. The Hall–Kier alpha value is -4.60. The zero-order valence-corrected chi connectivity index (χ0v) is 19.8. The van der Waals surface area contributed by atoms with Gasteiger partial charge in [0.15, 0.2) is 0 Å². The molecule has 2 aromatic carbocycles. The summed E-state index contributed by atoms with van der Waals surface area (Å²) in [6.45, 7) is 2.70. The van der Waals surface area contributed by atoms with Crippen molar-refractivity contribution in [3.8, 4) is 22.4 Å². The highest BCUT2D eigenvalue weighted by molar-refractivity contribution is 6.00. The summed E-state index contributed by atoms with van der Waals surface area (Å²) in [5, 5.41) is 13.3. The van der Waals surface area contributed by atoms with Crippen LogP contribution in [-0.4, -0.2) is 20.8 Å². The molecule has 7 nitrogen and oxygen atoms in total. The number of carbonyl (C=O) groups is 1. The molecule has 2 aromatic heterocycles. The largest absolute Gasteiger partial charge is 0.416 e. The molecule has 4 aromatic rings. The summed E-state index contributed by atoms with van der Waals surface area (Å²) in [6, 6.07) is 12.9. The van der Waals surface area contributed by atoms with Gasteiger partial charge in [0.05, 0.1) is 5.56 Å². The number of pyridine rings is 1. The lowest BCUT2D eigenvalue weighted by atomic mass is 9.95. The quantitative estimate of drug-likeness (QED) is 0.280. The monoisotopic (exact) mass is 504 g/mol. The van der Waals surface area contributed by atoms with Gasteiger partial charge in [0, 0.05) is 47.0 Å². The van der Waals surface area contributed by atoms with Gasteiger partial charge in [0.1, 0.15) is 11.5 Å². The summed E-state index contributed by atoms with van der Waals surface area (Å²) < 4.78 is 40.2. The van der Waals surface area contributed by atoms with Crippen molar-refractivity contribution in [1.29, 1.82) is 0 Å². The molecule has 0 radical (unpaired) electrons. The van der Waals surface area contributed by atoms with E-state index < -0.39 is 17.8 Å². The van der Waals surface area contributed by atoms with Gasteiger partial charge in [0.2, 0.25) is 0 Å². The van der Waals surface area contributed by atoms with Crippen LogP contribution in [-0.2, 0) is 19.1 Å². The third kappa shape index (κ3) is 5.18. The summed E-state index contributed by atoms with van der Waals surface area (Å²) in [4.78, 5) is 17.0. The lowest BCUT2D eigenvalue weighted by molar-refractivity contribution is -0.137. The zero-order chi connectivity index (χ0) is 26.0. The molecule has 1 aliphatic heterocycles. The number of urea groups is 1. The number of fused-ring (bicyclic) bond motifs is 1. The second-order valence-corrected chi connectivity index (χ2v) is 8.42. The van der Waals surface area contributed by atoms with Crippen LogP contribution in [0, 0.1) is 0 Å². The SMILES string of the molecule is CCn1cc(-c2ccnc3c2CC=CN3)c(-c2cccc(NC(=O)Nc3ccc(C(F)(F)F)cc3)c2)n1. The summed E-state index contributed by atoms with van der Waals surface area (Å²) in [6.07, 6.45) is 3.98. The third-order valence-corrected chi connectivity index (χ3v) is 5.96. The Balaban J connectivity index is 1.40. The summed E-state index contributed by atoms with van der Waals surface area (Å²) in [7, 11) is 0. The predicted octanol–water partition coefficient (Wildman–Crippen LogP) is 6.78. The molecule has 37 heavy (non-hydrogen) atoms. The summed E-state index contributed by atoms with van der Waals surface area (Å²) in [5.74, 6) is 0.811. The van der Waals surface area contributed by atoms with Crippen molar-refractivity contribution in [2.45, 2.75) is 26.1 Å². The first-order valence-electron chi connectivity index (χ1n) is 11.6. The van der Waals surface area contributed by atoms with Crippen LogP contribution in [0.1, 0.15) is 18.1 Å².